The molecular formula is C25H25FN4O5. The van der Waals surface area contributed by atoms with E-state index in [9.17, 15) is 14.4 Å². The van der Waals surface area contributed by atoms with Gasteiger partial charge in [0.1, 0.15) is 11.9 Å². The normalized spacial score (nSPS) is 22.0. The molecule has 1 unspecified atom stereocenters. The number of amides is 3. The standard InChI is InChI=1S/C25H25FN4O5/c26-18-11-17-16(13-30(25(17)33)19-4-5-22(31)27-24(19)32)10-20(18)29-8-6-28(7-9-29)12-15-2-1-3-21-23(15)35-14-34-21/h1-3,10-11,19H,4-9,12-14H2,(H,27,31,32). The number of ether oxygens (including phenoxy) is 2. The molecule has 4 aliphatic heterocycles. The van der Waals surface area contributed by atoms with E-state index in [2.05, 4.69) is 10.2 Å². The second-order valence-electron chi connectivity index (χ2n) is 9.27. The van der Waals surface area contributed by atoms with Crippen molar-refractivity contribution >= 4 is 23.4 Å². The molecule has 0 aliphatic carbocycles. The van der Waals surface area contributed by atoms with Gasteiger partial charge in [0.05, 0.1) is 5.69 Å². The molecule has 6 rings (SSSR count). The van der Waals surface area contributed by atoms with Crippen LogP contribution in [0.3, 0.4) is 0 Å². The van der Waals surface area contributed by atoms with Gasteiger partial charge in [-0.15, -0.1) is 0 Å². The fourth-order valence-corrected chi connectivity index (χ4v) is 5.32. The van der Waals surface area contributed by atoms with E-state index in [0.29, 0.717) is 24.3 Å². The lowest BCUT2D eigenvalue weighted by Crippen LogP contribution is -2.52. The second kappa shape index (κ2) is 8.53. The van der Waals surface area contributed by atoms with Gasteiger partial charge in [-0.3, -0.25) is 24.6 Å². The SMILES string of the molecule is O=C1CCC(N2Cc3cc(N4CCN(Cc5cccc6c5OCO6)CC4)c(F)cc3C2=O)C(=O)N1. The van der Waals surface area contributed by atoms with E-state index in [1.54, 1.807) is 6.07 Å². The summed E-state index contributed by atoms with van der Waals surface area (Å²) in [4.78, 5) is 42.4. The predicted octanol–water partition coefficient (Wildman–Crippen LogP) is 1.64. The maximum Gasteiger partial charge on any atom is 0.255 e. The zero-order valence-electron chi connectivity index (χ0n) is 19.1. The third kappa shape index (κ3) is 3.87. The van der Waals surface area contributed by atoms with Crippen LogP contribution in [-0.4, -0.2) is 66.5 Å². The van der Waals surface area contributed by atoms with Gasteiger partial charge in [0.2, 0.25) is 18.6 Å². The van der Waals surface area contributed by atoms with Gasteiger partial charge in [0, 0.05) is 56.8 Å². The number of para-hydroxylation sites is 1. The third-order valence-electron chi connectivity index (χ3n) is 7.18. The molecule has 4 heterocycles. The number of halogens is 1. The van der Waals surface area contributed by atoms with Crippen molar-refractivity contribution in [3.8, 4) is 11.5 Å². The molecule has 10 heteroatoms. The van der Waals surface area contributed by atoms with Crippen LogP contribution < -0.4 is 19.7 Å². The number of carbonyl (C=O) groups excluding carboxylic acids is 3. The zero-order valence-corrected chi connectivity index (χ0v) is 19.1. The average molecular weight is 480 g/mol. The first-order chi connectivity index (χ1) is 17.0. The van der Waals surface area contributed by atoms with Crippen molar-refractivity contribution in [2.24, 2.45) is 0 Å². The van der Waals surface area contributed by atoms with Gasteiger partial charge < -0.3 is 19.3 Å². The third-order valence-corrected chi connectivity index (χ3v) is 7.18. The van der Waals surface area contributed by atoms with Crippen LogP contribution in [0.2, 0.25) is 0 Å². The van der Waals surface area contributed by atoms with Gasteiger partial charge in [-0.25, -0.2) is 4.39 Å². The quantitative estimate of drug-likeness (QED) is 0.666. The van der Waals surface area contributed by atoms with Gasteiger partial charge in [-0.2, -0.15) is 0 Å². The monoisotopic (exact) mass is 480 g/mol. The van der Waals surface area contributed by atoms with E-state index in [0.717, 1.165) is 36.7 Å². The minimum absolute atomic E-state index is 0.186. The highest BCUT2D eigenvalue weighted by atomic mass is 19.1. The Morgan fingerprint density at radius 3 is 2.69 bits per heavy atom. The van der Waals surface area contributed by atoms with E-state index < -0.39 is 17.8 Å². The summed E-state index contributed by atoms with van der Waals surface area (Å²) in [6, 6.07) is 8.20. The minimum atomic E-state index is -0.712. The average Bonchev–Trinajstić information content (AvgIpc) is 3.45. The number of nitrogens with zero attached hydrogens (tertiary/aromatic N) is 3. The highest BCUT2D eigenvalue weighted by Gasteiger charge is 2.40. The van der Waals surface area contributed by atoms with Crippen molar-refractivity contribution in [2.45, 2.75) is 32.0 Å². The topological polar surface area (TPSA) is 91.4 Å². The van der Waals surface area contributed by atoms with Crippen LogP contribution in [0.1, 0.15) is 34.3 Å². The number of fused-ring (bicyclic) bond motifs is 2. The molecule has 0 saturated carbocycles. The summed E-state index contributed by atoms with van der Waals surface area (Å²) in [6.07, 6.45) is 0.467. The Morgan fingerprint density at radius 1 is 1.06 bits per heavy atom. The molecule has 1 atom stereocenters. The van der Waals surface area contributed by atoms with Crippen LogP contribution in [-0.2, 0) is 22.7 Å². The van der Waals surface area contributed by atoms with E-state index in [1.165, 1.54) is 11.0 Å². The summed E-state index contributed by atoms with van der Waals surface area (Å²) in [5.74, 6) is -0.0545. The van der Waals surface area contributed by atoms with Gasteiger partial charge in [-0.1, -0.05) is 12.1 Å². The molecule has 2 aromatic carbocycles. The molecule has 0 radical (unpaired) electrons. The van der Waals surface area contributed by atoms with Crippen molar-refractivity contribution in [1.29, 1.82) is 0 Å². The summed E-state index contributed by atoms with van der Waals surface area (Å²) in [5.41, 5.74) is 2.54. The first-order valence-corrected chi connectivity index (χ1v) is 11.8. The number of benzene rings is 2. The van der Waals surface area contributed by atoms with Crippen molar-refractivity contribution in [3.05, 3.63) is 52.8 Å². The Bertz CT molecular complexity index is 1230. The van der Waals surface area contributed by atoms with Crippen LogP contribution in [0, 0.1) is 5.82 Å². The Morgan fingerprint density at radius 2 is 1.89 bits per heavy atom. The molecule has 0 bridgehead atoms. The van der Waals surface area contributed by atoms with E-state index >= 15 is 4.39 Å². The molecule has 1 N–H and O–H groups in total. The molecule has 2 fully saturated rings. The lowest BCUT2D eigenvalue weighted by atomic mass is 10.0. The number of hydrogen-bond acceptors (Lipinski definition) is 7. The molecule has 182 valence electrons. The molecule has 0 spiro atoms. The van der Waals surface area contributed by atoms with E-state index in [-0.39, 0.29) is 43.6 Å². The summed E-state index contributed by atoms with van der Waals surface area (Å²) in [5, 5.41) is 2.29. The first kappa shape index (κ1) is 21.8. The molecule has 2 saturated heterocycles. The highest BCUT2D eigenvalue weighted by Crippen LogP contribution is 2.36. The number of hydrogen-bond donors (Lipinski definition) is 1. The predicted molar refractivity (Wildman–Crippen MR) is 123 cm³/mol. The molecule has 3 amide bonds. The van der Waals surface area contributed by atoms with Crippen LogP contribution in [0.25, 0.3) is 0 Å². The minimum Gasteiger partial charge on any atom is -0.454 e. The van der Waals surface area contributed by atoms with Crippen LogP contribution in [0.15, 0.2) is 30.3 Å². The van der Waals surface area contributed by atoms with Crippen LogP contribution in [0.5, 0.6) is 11.5 Å². The van der Waals surface area contributed by atoms with E-state index in [4.69, 9.17) is 9.47 Å². The lowest BCUT2D eigenvalue weighted by Gasteiger charge is -2.36. The number of piperazine rings is 1. The first-order valence-electron chi connectivity index (χ1n) is 11.8. The summed E-state index contributed by atoms with van der Waals surface area (Å²) in [7, 11) is 0. The smallest absolute Gasteiger partial charge is 0.255 e. The lowest BCUT2D eigenvalue weighted by molar-refractivity contribution is -0.136. The summed E-state index contributed by atoms with van der Waals surface area (Å²) < 4.78 is 26.2. The molecule has 0 aromatic heterocycles. The molecular weight excluding hydrogens is 455 g/mol. The summed E-state index contributed by atoms with van der Waals surface area (Å²) >= 11 is 0. The molecule has 9 nitrogen and oxygen atoms in total. The van der Waals surface area contributed by atoms with Crippen molar-refractivity contribution in [1.82, 2.24) is 15.1 Å². The van der Waals surface area contributed by atoms with Gasteiger partial charge >= 0.3 is 0 Å². The zero-order chi connectivity index (χ0) is 24.1. The van der Waals surface area contributed by atoms with Crippen molar-refractivity contribution in [3.63, 3.8) is 0 Å². The maximum absolute atomic E-state index is 15.1. The van der Waals surface area contributed by atoms with Crippen molar-refractivity contribution in [2.75, 3.05) is 37.9 Å². The number of anilines is 1. The van der Waals surface area contributed by atoms with Crippen molar-refractivity contribution < 1.29 is 28.2 Å². The Kier molecular flexibility index (Phi) is 5.32. The number of rotatable bonds is 4. The van der Waals surface area contributed by atoms with Gasteiger partial charge in [0.15, 0.2) is 11.5 Å². The van der Waals surface area contributed by atoms with Crippen LogP contribution in [0.4, 0.5) is 10.1 Å². The molecule has 35 heavy (non-hydrogen) atoms. The second-order valence-corrected chi connectivity index (χ2v) is 9.27. The number of nitrogens with one attached hydrogen (secondary N) is 1. The Hall–Kier alpha value is -3.66. The van der Waals surface area contributed by atoms with Gasteiger partial charge in [-0.05, 0) is 30.2 Å². The number of imide groups is 1. The van der Waals surface area contributed by atoms with Gasteiger partial charge in [0.25, 0.3) is 5.91 Å². The molecule has 4 aliphatic rings. The maximum atomic E-state index is 15.1. The fourth-order valence-electron chi connectivity index (χ4n) is 5.32. The Labute approximate surface area is 201 Å². The Balaban J connectivity index is 1.14. The highest BCUT2D eigenvalue weighted by molar-refractivity contribution is 6.05. The van der Waals surface area contributed by atoms with Crippen LogP contribution >= 0.6 is 0 Å². The molecule has 2 aromatic rings. The number of piperidine rings is 1. The number of carbonyl (C=O) groups is 3. The summed E-state index contributed by atoms with van der Waals surface area (Å²) in [6.45, 7) is 3.99. The fraction of sp³-hybridized carbons (Fsp3) is 0.400. The largest absolute Gasteiger partial charge is 0.454 e. The van der Waals surface area contributed by atoms with E-state index in [1.807, 2.05) is 23.1 Å².